The second-order valence-corrected chi connectivity index (χ2v) is 2.97. The van der Waals surface area contributed by atoms with Crippen LogP contribution in [0.4, 0.5) is 0 Å². The first-order valence-electron chi connectivity index (χ1n) is 3.95. The smallest absolute Gasteiger partial charge is 0.314 e. The number of carboxylic acids is 3. The van der Waals surface area contributed by atoms with Crippen molar-refractivity contribution in [2.45, 2.75) is 13.3 Å². The molecule has 2 atom stereocenters. The van der Waals surface area contributed by atoms with E-state index in [4.69, 9.17) is 15.3 Å². The van der Waals surface area contributed by atoms with Crippen LogP contribution in [0.2, 0.25) is 0 Å². The fraction of sp³-hybridized carbons (Fsp3) is 0.500. The summed E-state index contributed by atoms with van der Waals surface area (Å²) >= 11 is 0. The molecule has 0 aromatic rings. The summed E-state index contributed by atoms with van der Waals surface area (Å²) in [6.07, 6.45) is -0.897. The summed E-state index contributed by atoms with van der Waals surface area (Å²) in [4.78, 5) is 42.4. The summed E-state index contributed by atoms with van der Waals surface area (Å²) in [7, 11) is 0. The molecule has 0 aromatic carbocycles. The highest BCUT2D eigenvalue weighted by Crippen LogP contribution is 2.18. The molecule has 7 nitrogen and oxygen atoms in total. The number of aliphatic carboxylic acids is 3. The van der Waals surface area contributed by atoms with E-state index in [2.05, 4.69) is 0 Å². The summed E-state index contributed by atoms with van der Waals surface area (Å²) in [6, 6.07) is 0. The summed E-state index contributed by atoms with van der Waals surface area (Å²) in [5, 5.41) is 25.6. The van der Waals surface area contributed by atoms with E-state index in [0.29, 0.717) is 0 Å². The van der Waals surface area contributed by atoms with Gasteiger partial charge in [0.25, 0.3) is 0 Å². The molecule has 0 saturated heterocycles. The molecule has 0 amide bonds. The Kier molecular flexibility index (Phi) is 4.43. The fourth-order valence-corrected chi connectivity index (χ4v) is 1.17. The molecule has 0 saturated carbocycles. The van der Waals surface area contributed by atoms with E-state index in [-0.39, 0.29) is 0 Å². The van der Waals surface area contributed by atoms with Gasteiger partial charge in [0.1, 0.15) is 11.7 Å². The molecule has 84 valence electrons. The van der Waals surface area contributed by atoms with E-state index >= 15 is 0 Å². The first-order chi connectivity index (χ1) is 6.77. The van der Waals surface area contributed by atoms with Crippen molar-refractivity contribution >= 4 is 23.7 Å². The van der Waals surface area contributed by atoms with Gasteiger partial charge in [-0.3, -0.25) is 19.2 Å². The Labute approximate surface area is 84.3 Å². The first kappa shape index (κ1) is 13.1. The minimum Gasteiger partial charge on any atom is -0.481 e. The molecule has 0 rings (SSSR count). The normalized spacial score (nSPS) is 13.9. The molecule has 0 aliphatic rings. The van der Waals surface area contributed by atoms with Gasteiger partial charge in [-0.05, 0) is 6.92 Å². The molecule has 0 radical (unpaired) electrons. The third-order valence-electron chi connectivity index (χ3n) is 1.82. The fourth-order valence-electron chi connectivity index (χ4n) is 1.17. The van der Waals surface area contributed by atoms with Crippen molar-refractivity contribution in [2.75, 3.05) is 0 Å². The predicted octanol–water partition coefficient (Wildman–Crippen LogP) is -0.548. The Morgan fingerprint density at radius 1 is 1.00 bits per heavy atom. The molecular weight excluding hydrogens is 208 g/mol. The van der Waals surface area contributed by atoms with Crippen LogP contribution < -0.4 is 0 Å². The van der Waals surface area contributed by atoms with Crippen molar-refractivity contribution in [2.24, 2.45) is 11.8 Å². The number of carbonyl (C=O) groups excluding carboxylic acids is 1. The highest BCUT2D eigenvalue weighted by atomic mass is 16.4. The molecule has 0 aliphatic heterocycles. The Hall–Kier alpha value is -1.92. The molecule has 2 unspecified atom stereocenters. The Morgan fingerprint density at radius 3 is 1.67 bits per heavy atom. The Bertz CT molecular complexity index is 292. The standard InChI is InChI=1S/C8H10O7/c1-3(9)6(8(14)15)4(7(12)13)2-5(10)11/h4,6H,2H2,1H3,(H,10,11)(H,12,13)(H,14,15). The van der Waals surface area contributed by atoms with Gasteiger partial charge >= 0.3 is 17.9 Å². The molecule has 0 aromatic heterocycles. The lowest BCUT2D eigenvalue weighted by Gasteiger charge is -2.15. The average molecular weight is 218 g/mol. The minimum absolute atomic E-state index is 0.879. The van der Waals surface area contributed by atoms with Crippen LogP contribution in [0.3, 0.4) is 0 Å². The van der Waals surface area contributed by atoms with E-state index < -0.39 is 41.9 Å². The second kappa shape index (κ2) is 5.08. The lowest BCUT2D eigenvalue weighted by atomic mass is 9.87. The van der Waals surface area contributed by atoms with Crippen LogP contribution in [0, 0.1) is 11.8 Å². The van der Waals surface area contributed by atoms with Crippen molar-refractivity contribution < 1.29 is 34.5 Å². The van der Waals surface area contributed by atoms with Gasteiger partial charge in [-0.15, -0.1) is 0 Å². The van der Waals surface area contributed by atoms with Gasteiger partial charge < -0.3 is 15.3 Å². The van der Waals surface area contributed by atoms with Crippen molar-refractivity contribution in [1.29, 1.82) is 0 Å². The number of ketones is 1. The topological polar surface area (TPSA) is 129 Å². The Morgan fingerprint density at radius 2 is 1.47 bits per heavy atom. The first-order valence-corrected chi connectivity index (χ1v) is 3.95. The Balaban J connectivity index is 5.01. The second-order valence-electron chi connectivity index (χ2n) is 2.97. The molecule has 7 heteroatoms. The summed E-state index contributed by atoms with van der Waals surface area (Å²) in [6.45, 7) is 0.913. The van der Waals surface area contributed by atoms with Crippen LogP contribution in [-0.2, 0) is 19.2 Å². The molecule has 0 fully saturated rings. The number of hydrogen-bond donors (Lipinski definition) is 3. The van der Waals surface area contributed by atoms with Crippen LogP contribution in [0.1, 0.15) is 13.3 Å². The van der Waals surface area contributed by atoms with Crippen molar-refractivity contribution in [3.05, 3.63) is 0 Å². The predicted molar refractivity (Wildman–Crippen MR) is 45.2 cm³/mol. The molecule has 0 spiro atoms. The van der Waals surface area contributed by atoms with Gasteiger partial charge in [0.05, 0.1) is 12.3 Å². The van der Waals surface area contributed by atoms with Crippen molar-refractivity contribution in [3.8, 4) is 0 Å². The van der Waals surface area contributed by atoms with Crippen LogP contribution in [0.5, 0.6) is 0 Å². The highest BCUT2D eigenvalue weighted by Gasteiger charge is 2.38. The van der Waals surface area contributed by atoms with E-state index in [9.17, 15) is 19.2 Å². The van der Waals surface area contributed by atoms with E-state index in [1.807, 2.05) is 0 Å². The third kappa shape index (κ3) is 3.75. The monoisotopic (exact) mass is 218 g/mol. The van der Waals surface area contributed by atoms with E-state index in [1.54, 1.807) is 0 Å². The average Bonchev–Trinajstić information content (AvgIpc) is 2.00. The van der Waals surface area contributed by atoms with Crippen LogP contribution >= 0.6 is 0 Å². The van der Waals surface area contributed by atoms with E-state index in [0.717, 1.165) is 6.92 Å². The zero-order valence-corrected chi connectivity index (χ0v) is 7.84. The number of rotatable bonds is 6. The zero-order chi connectivity index (χ0) is 12.2. The molecule has 0 heterocycles. The quantitative estimate of drug-likeness (QED) is 0.510. The maximum absolute atomic E-state index is 10.9. The largest absolute Gasteiger partial charge is 0.481 e. The SMILES string of the molecule is CC(=O)C(C(=O)O)C(CC(=O)O)C(=O)O. The van der Waals surface area contributed by atoms with Crippen molar-refractivity contribution in [1.82, 2.24) is 0 Å². The van der Waals surface area contributed by atoms with Crippen LogP contribution in [0.15, 0.2) is 0 Å². The summed E-state index contributed by atoms with van der Waals surface area (Å²) in [5.41, 5.74) is 0. The molecule has 0 bridgehead atoms. The molecule has 3 N–H and O–H groups in total. The molecule has 0 aliphatic carbocycles. The third-order valence-corrected chi connectivity index (χ3v) is 1.82. The maximum atomic E-state index is 10.9. The van der Waals surface area contributed by atoms with Crippen molar-refractivity contribution in [3.63, 3.8) is 0 Å². The van der Waals surface area contributed by atoms with E-state index in [1.165, 1.54) is 0 Å². The lowest BCUT2D eigenvalue weighted by Crippen LogP contribution is -2.36. The number of hydrogen-bond acceptors (Lipinski definition) is 4. The van der Waals surface area contributed by atoms with Gasteiger partial charge in [-0.2, -0.15) is 0 Å². The number of carbonyl (C=O) groups is 4. The molecule has 15 heavy (non-hydrogen) atoms. The van der Waals surface area contributed by atoms with Gasteiger partial charge in [0.2, 0.25) is 0 Å². The number of Topliss-reactive ketones (excluding diaryl/α,β-unsaturated/α-hetero) is 1. The van der Waals surface area contributed by atoms with Gasteiger partial charge in [-0.25, -0.2) is 0 Å². The number of carboxylic acid groups (broad SMARTS) is 3. The summed E-state index contributed by atoms with van der Waals surface area (Å²) in [5.74, 6) is -9.14. The van der Waals surface area contributed by atoms with Crippen LogP contribution in [0.25, 0.3) is 0 Å². The highest BCUT2D eigenvalue weighted by molar-refractivity contribution is 6.01. The summed E-state index contributed by atoms with van der Waals surface area (Å²) < 4.78 is 0. The van der Waals surface area contributed by atoms with Gasteiger partial charge in [-0.1, -0.05) is 0 Å². The zero-order valence-electron chi connectivity index (χ0n) is 7.84. The lowest BCUT2D eigenvalue weighted by molar-refractivity contribution is -0.159. The van der Waals surface area contributed by atoms with Crippen LogP contribution in [-0.4, -0.2) is 39.0 Å². The molecular formula is C8H10O7. The minimum atomic E-state index is -1.82. The maximum Gasteiger partial charge on any atom is 0.314 e. The van der Waals surface area contributed by atoms with Gasteiger partial charge in [0.15, 0.2) is 0 Å². The van der Waals surface area contributed by atoms with Gasteiger partial charge in [0, 0.05) is 0 Å².